The van der Waals surface area contributed by atoms with E-state index in [1.54, 1.807) is 62.1 Å². The van der Waals surface area contributed by atoms with Crippen molar-refractivity contribution in [3.8, 4) is 22.9 Å². The Kier molecular flexibility index (Phi) is 59.8. The lowest BCUT2D eigenvalue weighted by Gasteiger charge is -2.28. The van der Waals surface area contributed by atoms with Gasteiger partial charge >= 0.3 is 5.97 Å². The Bertz CT molecular complexity index is 5110. The summed E-state index contributed by atoms with van der Waals surface area (Å²) in [5.74, 6) is 0.400. The van der Waals surface area contributed by atoms with Gasteiger partial charge in [-0.3, -0.25) is 33.8 Å². The first kappa shape index (κ1) is 124. The van der Waals surface area contributed by atoms with Gasteiger partial charge in [-0.05, 0) is 208 Å². The second kappa shape index (κ2) is 69.8. The number of phenolic OH excluding ortho intramolecular Hbond substituents is 1. The molecule has 1 aromatic heterocycles. The molecule has 9 aromatic rings. The van der Waals surface area contributed by atoms with Crippen LogP contribution in [0.15, 0.2) is 207 Å². The van der Waals surface area contributed by atoms with Crippen LogP contribution in [0.5, 0.6) is 17.2 Å². The van der Waals surface area contributed by atoms with Crippen molar-refractivity contribution < 1.29 is 110 Å². The molecular weight excluding hydrogens is 1860 g/mol. The lowest BCUT2D eigenvalue weighted by molar-refractivity contribution is -0.142. The smallest absolute Gasteiger partial charge is 0.337 e. The van der Waals surface area contributed by atoms with Gasteiger partial charge in [0.1, 0.15) is 71.1 Å². The second-order valence-corrected chi connectivity index (χ2v) is 36.8. The Labute approximate surface area is 857 Å². The Balaban J connectivity index is 0.000000289. The van der Waals surface area contributed by atoms with Crippen molar-refractivity contribution in [1.82, 2.24) is 45.2 Å². The SMILES string of the molecule is C.C.C1CCOC1.CC(=O)C1COCC(C)N(Cc2ccccc2)C1=O.CC1CCOCC(=O)N1.CC1CCOCC(=O)N1Cc1ccccc1.CC1COCC(CO)CN1Cc1ccccc1.CC1COCCC1=O.CO.Cc1cc(O)ccc1F.Cc1cc(OCC2CNC(C)COC2)ccc1F.Cc1cc(OCC2COCC(C)N(Cc3ccccc3)C2)ccc1F.Cc1ccc(-n2nccn2)c(C(=O)O)c1. The number of Topliss-reactive ketones (excluding diaryl/α,β-unsaturated/α-hetero) is 2. The molecule has 0 aliphatic carbocycles. The first-order chi connectivity index (χ1) is 68.9. The van der Waals surface area contributed by atoms with Crippen molar-refractivity contribution in [3.63, 3.8) is 0 Å². The molecule has 9 heterocycles. The predicted molar refractivity (Wildman–Crippen MR) is 557 cm³/mol. The molecule has 798 valence electrons. The first-order valence-electron chi connectivity index (χ1n) is 49.3. The molecule has 0 bridgehead atoms. The summed E-state index contributed by atoms with van der Waals surface area (Å²) in [6, 6.07) is 61.3. The number of ether oxygens (including phenoxy) is 10. The molecule has 6 N–H and O–H groups in total. The quantitative estimate of drug-likeness (QED) is 0.0435. The van der Waals surface area contributed by atoms with Gasteiger partial charge in [0.15, 0.2) is 0 Å². The van der Waals surface area contributed by atoms with E-state index < -0.39 is 11.9 Å². The third-order valence-corrected chi connectivity index (χ3v) is 24.2. The third-order valence-electron chi connectivity index (χ3n) is 24.2. The number of aryl methyl sites for hydroxylation is 4. The highest BCUT2D eigenvalue weighted by molar-refractivity contribution is 6.00. The van der Waals surface area contributed by atoms with Crippen LogP contribution >= 0.6 is 0 Å². The van der Waals surface area contributed by atoms with Gasteiger partial charge in [-0.2, -0.15) is 15.0 Å². The molecular formula is C113H160F3N9O20. The maximum absolute atomic E-state index is 13.4. The average molecular weight is 2020 g/mol. The summed E-state index contributed by atoms with van der Waals surface area (Å²) in [6.07, 6.45) is 8.02. The summed E-state index contributed by atoms with van der Waals surface area (Å²) in [7, 11) is 1.00. The largest absolute Gasteiger partial charge is 0.508 e. The number of rotatable bonds is 18. The Hall–Kier alpha value is -11.2. The molecule has 32 heteroatoms. The third kappa shape index (κ3) is 47.5. The normalized spacial score (nSPS) is 21.5. The number of carboxylic acids is 1. The van der Waals surface area contributed by atoms with Crippen LogP contribution in [0.25, 0.3) is 5.69 Å². The highest BCUT2D eigenvalue weighted by atomic mass is 19.1. The minimum atomic E-state index is -0.981. The number of amides is 3. The summed E-state index contributed by atoms with van der Waals surface area (Å²) >= 11 is 0. The van der Waals surface area contributed by atoms with Gasteiger partial charge in [-0.15, -0.1) is 0 Å². The number of aromatic carboxylic acids is 1. The van der Waals surface area contributed by atoms with E-state index in [-0.39, 0.29) is 124 Å². The molecule has 8 saturated heterocycles. The van der Waals surface area contributed by atoms with Gasteiger partial charge in [0.25, 0.3) is 0 Å². The van der Waals surface area contributed by atoms with Crippen LogP contribution in [0.3, 0.4) is 0 Å². The number of carboxylic acid groups (broad SMARTS) is 1. The number of phenols is 1. The van der Waals surface area contributed by atoms with E-state index in [1.165, 1.54) is 84.0 Å². The zero-order valence-corrected chi connectivity index (χ0v) is 85.5. The van der Waals surface area contributed by atoms with E-state index in [1.807, 2.05) is 111 Å². The van der Waals surface area contributed by atoms with Crippen LogP contribution in [-0.4, -0.2) is 279 Å². The molecule has 11 atom stereocenters. The van der Waals surface area contributed by atoms with Crippen LogP contribution in [0.1, 0.15) is 157 Å². The van der Waals surface area contributed by atoms with E-state index in [2.05, 4.69) is 107 Å². The van der Waals surface area contributed by atoms with E-state index in [4.69, 9.17) is 62.7 Å². The molecule has 0 saturated carbocycles. The number of aliphatic hydroxyl groups excluding tert-OH is 2. The van der Waals surface area contributed by atoms with Crippen LogP contribution < -0.4 is 20.1 Å². The van der Waals surface area contributed by atoms with E-state index >= 15 is 0 Å². The zero-order chi connectivity index (χ0) is 104. The fourth-order valence-electron chi connectivity index (χ4n) is 15.5. The van der Waals surface area contributed by atoms with Crippen LogP contribution in [0.2, 0.25) is 0 Å². The summed E-state index contributed by atoms with van der Waals surface area (Å²) in [6.45, 7) is 40.0. The second-order valence-electron chi connectivity index (χ2n) is 36.8. The maximum atomic E-state index is 13.4. The lowest BCUT2D eigenvalue weighted by Crippen LogP contribution is -2.43. The van der Waals surface area contributed by atoms with Crippen LogP contribution in [0, 0.1) is 74.7 Å². The van der Waals surface area contributed by atoms with E-state index in [9.17, 15) is 47.0 Å². The number of hydrogen-bond acceptors (Lipinski definition) is 24. The van der Waals surface area contributed by atoms with E-state index in [0.717, 1.165) is 96.8 Å². The van der Waals surface area contributed by atoms with Crippen molar-refractivity contribution in [2.24, 2.45) is 29.6 Å². The number of ketones is 2. The number of nitrogens with one attached hydrogen (secondary N) is 2. The zero-order valence-electron chi connectivity index (χ0n) is 85.5. The minimum Gasteiger partial charge on any atom is -0.508 e. The van der Waals surface area contributed by atoms with Crippen molar-refractivity contribution in [1.29, 1.82) is 0 Å². The molecule has 11 unspecified atom stereocenters. The number of aliphatic hydroxyl groups is 2. The van der Waals surface area contributed by atoms with Crippen molar-refractivity contribution in [3.05, 3.63) is 274 Å². The summed E-state index contributed by atoms with van der Waals surface area (Å²) in [4.78, 5) is 78.0. The molecule has 8 fully saturated rings. The Morgan fingerprint density at radius 3 is 1.42 bits per heavy atom. The summed E-state index contributed by atoms with van der Waals surface area (Å²) in [5, 5.41) is 48.0. The van der Waals surface area contributed by atoms with Crippen molar-refractivity contribution in [2.75, 3.05) is 152 Å². The number of hydrogen-bond donors (Lipinski definition) is 6. The number of aromatic hydroxyl groups is 1. The standard InChI is InChI=1S/C21H26FNO2.C15H19NO3.C14H20FNO2.C14H21NO2.C13H17NO2.C10H9N3O2.C7H7FO.C6H11NO2.C6H10O2.C4H8O.CH4O.2CH4/c1-16-10-20(8-9-21(16)22)25-15-19-12-23(17(2)13-24-14-19)11-18-6-4-3-5-7-18;1-11-9-19-10-14(12(2)17)15(18)16(11)8-13-6-4-3-5-7-13;1-10-5-13(3-4-14(10)15)18-9-12-6-16-11(2)7-17-8-12;1-12-10-17-11-14(9-16)8-15(12)7-13-5-3-2-4-6-13;1-11-7-8-16-10-13(15)14(11)9-12-5-3-2-4-6-12;1-7-2-3-9(8(6-7)10(14)15)13-11-4-5-12-13;1-5-4-6(9)2-3-7(5)8;1-5-2-3-9-4-6(8)7-5;1-5-4-8-3-2-6(5)7;1-2-4-5-3-1;1-2;;/h3-10,17,19H,11-15H2,1-2H3;3-7,11,14H,8-10H2,1-2H3;3-5,11-12,16H,6-9H2,1-2H3;2-6,12,14,16H,7-11H2,1H3;2-6,11H,7-10H2,1H3;2-6H,1H3,(H,14,15);2-4,9H,1H3;5H,2-4H2,1H3,(H,7,8);5H,2-4H2,1H3;1-4H2;2H,1H3;2*1H4. The summed E-state index contributed by atoms with van der Waals surface area (Å²) < 4.78 is 93.0. The number of carbonyl (C=O) groups is 6. The number of halogens is 3. The molecule has 29 nitrogen and oxygen atoms in total. The summed E-state index contributed by atoms with van der Waals surface area (Å²) in [5.41, 5.74) is 8.10. The highest BCUT2D eigenvalue weighted by Gasteiger charge is 2.35. The van der Waals surface area contributed by atoms with Gasteiger partial charge < -0.3 is 88.2 Å². The fraction of sp³-hybridized carbons (Fsp3) is 0.504. The first-order valence-corrected chi connectivity index (χ1v) is 49.3. The van der Waals surface area contributed by atoms with Crippen LogP contribution in [0.4, 0.5) is 13.2 Å². The molecule has 0 spiro atoms. The van der Waals surface area contributed by atoms with Crippen LogP contribution in [-0.2, 0) is 88.0 Å². The average Bonchev–Trinajstić information content (AvgIpc) is 1.78. The fourth-order valence-corrected chi connectivity index (χ4v) is 15.5. The monoisotopic (exact) mass is 2020 g/mol. The lowest BCUT2D eigenvalue weighted by atomic mass is 10.0. The Morgan fingerprint density at radius 2 is 0.938 bits per heavy atom. The number of benzene rings is 8. The predicted octanol–water partition coefficient (Wildman–Crippen LogP) is 16.5. The molecule has 0 radical (unpaired) electrons. The molecule has 8 aliphatic rings. The van der Waals surface area contributed by atoms with E-state index in [0.29, 0.717) is 155 Å². The van der Waals surface area contributed by atoms with Gasteiger partial charge in [0, 0.05) is 146 Å². The maximum Gasteiger partial charge on any atom is 0.337 e. The molecule has 8 aliphatic heterocycles. The Morgan fingerprint density at radius 1 is 0.469 bits per heavy atom. The number of nitrogens with zero attached hydrogens (tertiary/aromatic N) is 7. The van der Waals surface area contributed by atoms with Gasteiger partial charge in [-0.1, -0.05) is 155 Å². The van der Waals surface area contributed by atoms with Gasteiger partial charge in [0.2, 0.25) is 17.7 Å². The van der Waals surface area contributed by atoms with Gasteiger partial charge in [0.05, 0.1) is 103 Å². The molecule has 3 amide bonds. The number of aromatic nitrogens is 3. The van der Waals surface area contributed by atoms with Gasteiger partial charge in [-0.25, -0.2) is 18.0 Å². The highest BCUT2D eigenvalue weighted by Crippen LogP contribution is 2.26. The molecule has 17 rings (SSSR count). The molecule has 8 aromatic carbocycles. The number of carbonyl (C=O) groups excluding carboxylic acids is 5. The minimum absolute atomic E-state index is 0. The van der Waals surface area contributed by atoms with Crippen molar-refractivity contribution >= 4 is 35.3 Å². The topological polar surface area (TPSA) is 343 Å². The van der Waals surface area contributed by atoms with Crippen molar-refractivity contribution in [2.45, 2.75) is 192 Å². The molecule has 145 heavy (non-hydrogen) atoms.